The maximum absolute atomic E-state index is 6.58. The Bertz CT molecular complexity index is 2200. The number of ether oxygens (including phenoxy) is 1. The fourth-order valence-corrected chi connectivity index (χ4v) is 7.62. The molecular formula is C47H52N4O. The van der Waals surface area contributed by atoms with Crippen LogP contribution in [0, 0.1) is 13.8 Å². The molecule has 0 fully saturated rings. The average Bonchev–Trinajstić information content (AvgIpc) is 3.65. The van der Waals surface area contributed by atoms with Gasteiger partial charge in [0.05, 0.1) is 22.8 Å². The molecule has 0 bridgehead atoms. The van der Waals surface area contributed by atoms with Crippen molar-refractivity contribution in [1.29, 1.82) is 0 Å². The van der Waals surface area contributed by atoms with Gasteiger partial charge in [-0.25, -0.2) is 4.68 Å². The Balaban J connectivity index is 1.18. The maximum Gasteiger partial charge on any atom is 0.129 e. The molecule has 1 aliphatic rings. The maximum atomic E-state index is 6.58. The number of benzene rings is 5. The van der Waals surface area contributed by atoms with E-state index in [2.05, 4.69) is 182 Å². The first-order valence-electron chi connectivity index (χ1n) is 18.4. The predicted molar refractivity (Wildman–Crippen MR) is 218 cm³/mol. The van der Waals surface area contributed by atoms with Gasteiger partial charge in [0.1, 0.15) is 18.2 Å². The number of hydrogen-bond donors (Lipinski definition) is 0. The number of para-hydroxylation sites is 2. The summed E-state index contributed by atoms with van der Waals surface area (Å²) in [6.07, 6.45) is 0. The number of aryl methyl sites for hydroxylation is 1. The van der Waals surface area contributed by atoms with Crippen LogP contribution in [0.4, 0.5) is 22.7 Å². The lowest BCUT2D eigenvalue weighted by atomic mass is 9.77. The van der Waals surface area contributed by atoms with Crippen LogP contribution in [0.2, 0.25) is 0 Å². The first kappa shape index (κ1) is 35.1. The SMILES string of the molecule is Cc1nn(-c2cccc(Oc3cccc(N4CN(c5cc(C(C)(C)C)cc(C(C)(C)C)c5)c5ccccc54)c3)c2)c(C)c1C(C)(C)c1ccccc1. The molecule has 0 amide bonds. The van der Waals surface area contributed by atoms with E-state index in [0.29, 0.717) is 6.67 Å². The highest BCUT2D eigenvalue weighted by Gasteiger charge is 2.32. The largest absolute Gasteiger partial charge is 0.457 e. The van der Waals surface area contributed by atoms with Crippen molar-refractivity contribution in [3.63, 3.8) is 0 Å². The van der Waals surface area contributed by atoms with Gasteiger partial charge in [0.25, 0.3) is 0 Å². The van der Waals surface area contributed by atoms with Crippen LogP contribution in [-0.4, -0.2) is 16.4 Å². The van der Waals surface area contributed by atoms with Crippen LogP contribution in [0.5, 0.6) is 11.5 Å². The molecule has 0 atom stereocenters. The fraction of sp³-hybridized carbons (Fsp3) is 0.298. The molecule has 2 heterocycles. The van der Waals surface area contributed by atoms with E-state index in [0.717, 1.165) is 34.3 Å². The highest BCUT2D eigenvalue weighted by molar-refractivity contribution is 5.87. The summed E-state index contributed by atoms with van der Waals surface area (Å²) >= 11 is 0. The third-order valence-corrected chi connectivity index (χ3v) is 10.5. The summed E-state index contributed by atoms with van der Waals surface area (Å²) in [6.45, 7) is 23.3. The molecule has 52 heavy (non-hydrogen) atoms. The van der Waals surface area contributed by atoms with E-state index in [4.69, 9.17) is 9.84 Å². The van der Waals surface area contributed by atoms with Crippen LogP contribution in [0.15, 0.2) is 121 Å². The number of rotatable bonds is 7. The predicted octanol–water partition coefficient (Wildman–Crippen LogP) is 12.4. The molecular weight excluding hydrogens is 637 g/mol. The number of fused-ring (bicyclic) bond motifs is 1. The van der Waals surface area contributed by atoms with Gasteiger partial charge in [-0.3, -0.25) is 0 Å². The normalized spacial score (nSPS) is 13.4. The van der Waals surface area contributed by atoms with Crippen LogP contribution in [-0.2, 0) is 16.2 Å². The number of nitrogens with zero attached hydrogens (tertiary/aromatic N) is 4. The molecule has 0 unspecified atom stereocenters. The van der Waals surface area contributed by atoms with Crippen LogP contribution in [0.25, 0.3) is 5.69 Å². The van der Waals surface area contributed by atoms with E-state index in [-0.39, 0.29) is 16.2 Å². The van der Waals surface area contributed by atoms with Crippen molar-refractivity contribution in [3.8, 4) is 17.2 Å². The Kier molecular flexibility index (Phi) is 8.81. The monoisotopic (exact) mass is 688 g/mol. The van der Waals surface area contributed by atoms with Gasteiger partial charge in [0.2, 0.25) is 0 Å². The molecule has 0 N–H and O–H groups in total. The van der Waals surface area contributed by atoms with E-state index >= 15 is 0 Å². The Morgan fingerprint density at radius 3 is 1.62 bits per heavy atom. The Morgan fingerprint density at radius 1 is 0.519 bits per heavy atom. The lowest BCUT2D eigenvalue weighted by molar-refractivity contribution is 0.482. The fourth-order valence-electron chi connectivity index (χ4n) is 7.62. The van der Waals surface area contributed by atoms with Crippen molar-refractivity contribution in [3.05, 3.63) is 155 Å². The summed E-state index contributed by atoms with van der Waals surface area (Å²) in [5.74, 6) is 1.55. The lowest BCUT2D eigenvalue weighted by Gasteiger charge is -2.29. The third kappa shape index (κ3) is 6.61. The molecule has 1 aliphatic heterocycles. The van der Waals surface area contributed by atoms with E-state index < -0.39 is 0 Å². The van der Waals surface area contributed by atoms with Gasteiger partial charge >= 0.3 is 0 Å². The summed E-state index contributed by atoms with van der Waals surface area (Å²) in [5, 5.41) is 5.03. The zero-order valence-electron chi connectivity index (χ0n) is 32.5. The lowest BCUT2D eigenvalue weighted by Crippen LogP contribution is -2.25. The van der Waals surface area contributed by atoms with Gasteiger partial charge in [-0.2, -0.15) is 5.10 Å². The van der Waals surface area contributed by atoms with E-state index in [9.17, 15) is 0 Å². The molecule has 7 rings (SSSR count). The van der Waals surface area contributed by atoms with Gasteiger partial charge in [0.15, 0.2) is 0 Å². The van der Waals surface area contributed by atoms with Crippen LogP contribution in [0.1, 0.15) is 89.0 Å². The summed E-state index contributed by atoms with van der Waals surface area (Å²) < 4.78 is 8.63. The standard InChI is InChI=1S/C47H52N4O/c1-32-44(47(9,10)34-18-12-11-13-19-34)33(2)51(48-32)38-21-17-23-41(30-38)52-40-22-16-20-37(29-40)49-31-50(43-25-15-14-24-42(43)49)39-27-35(45(3,4)5)26-36(28-39)46(6,7)8/h11-30H,31H2,1-10H3. The highest BCUT2D eigenvalue weighted by atomic mass is 16.5. The van der Waals surface area contributed by atoms with E-state index in [1.807, 2.05) is 22.9 Å². The van der Waals surface area contributed by atoms with Crippen molar-refractivity contribution in [2.45, 2.75) is 85.5 Å². The number of anilines is 4. The summed E-state index contributed by atoms with van der Waals surface area (Å²) in [5.41, 5.74) is 12.9. The Labute approximate surface area is 310 Å². The zero-order valence-corrected chi connectivity index (χ0v) is 32.5. The molecule has 6 aromatic rings. The molecule has 266 valence electrons. The molecule has 1 aromatic heterocycles. The molecule has 5 nitrogen and oxygen atoms in total. The topological polar surface area (TPSA) is 33.5 Å². The van der Waals surface area contributed by atoms with Gasteiger partial charge in [0, 0.05) is 40.2 Å². The second-order valence-corrected chi connectivity index (χ2v) is 16.8. The van der Waals surface area contributed by atoms with Gasteiger partial charge in [-0.05, 0) is 89.9 Å². The smallest absolute Gasteiger partial charge is 0.129 e. The van der Waals surface area contributed by atoms with Crippen molar-refractivity contribution in [1.82, 2.24) is 9.78 Å². The second-order valence-electron chi connectivity index (χ2n) is 16.8. The molecule has 0 spiro atoms. The second kappa shape index (κ2) is 13.0. The zero-order chi connectivity index (χ0) is 37.0. The van der Waals surface area contributed by atoms with Crippen molar-refractivity contribution < 1.29 is 4.74 Å². The van der Waals surface area contributed by atoms with Gasteiger partial charge in [-0.1, -0.05) is 116 Å². The molecule has 5 aromatic carbocycles. The van der Waals surface area contributed by atoms with Crippen molar-refractivity contribution in [2.75, 3.05) is 16.5 Å². The highest BCUT2D eigenvalue weighted by Crippen LogP contribution is 2.46. The minimum Gasteiger partial charge on any atom is -0.457 e. The Hall–Kier alpha value is -5.29. The van der Waals surface area contributed by atoms with Gasteiger partial charge in [-0.15, -0.1) is 0 Å². The first-order valence-corrected chi connectivity index (χ1v) is 18.4. The molecule has 0 saturated carbocycles. The molecule has 0 saturated heterocycles. The molecule has 5 heteroatoms. The van der Waals surface area contributed by atoms with Crippen molar-refractivity contribution >= 4 is 22.7 Å². The minimum absolute atomic E-state index is 0.0356. The summed E-state index contributed by atoms with van der Waals surface area (Å²) in [6, 6.07) is 43.2. The van der Waals surface area contributed by atoms with E-state index in [1.54, 1.807) is 0 Å². The molecule has 0 aliphatic carbocycles. The Morgan fingerprint density at radius 2 is 1.04 bits per heavy atom. The number of hydrogen-bond acceptors (Lipinski definition) is 4. The third-order valence-electron chi connectivity index (χ3n) is 10.5. The minimum atomic E-state index is -0.184. The van der Waals surface area contributed by atoms with E-state index in [1.165, 1.54) is 39.3 Å². The van der Waals surface area contributed by atoms with Crippen LogP contribution in [0.3, 0.4) is 0 Å². The summed E-state index contributed by atoms with van der Waals surface area (Å²) in [7, 11) is 0. The average molecular weight is 689 g/mol. The van der Waals surface area contributed by atoms with Gasteiger partial charge < -0.3 is 14.5 Å². The van der Waals surface area contributed by atoms with Crippen LogP contribution >= 0.6 is 0 Å². The first-order chi connectivity index (χ1) is 24.6. The van der Waals surface area contributed by atoms with Crippen LogP contribution < -0.4 is 14.5 Å². The molecule has 0 radical (unpaired) electrons. The number of aromatic nitrogens is 2. The quantitative estimate of drug-likeness (QED) is 0.167. The summed E-state index contributed by atoms with van der Waals surface area (Å²) in [4.78, 5) is 4.82. The van der Waals surface area contributed by atoms with Crippen molar-refractivity contribution in [2.24, 2.45) is 0 Å².